The lowest BCUT2D eigenvalue weighted by atomic mass is 10.3. The summed E-state index contributed by atoms with van der Waals surface area (Å²) in [6.07, 6.45) is 7.59. The molecular formula is C7H6N4. The summed E-state index contributed by atoms with van der Waals surface area (Å²) in [5, 5.41) is 12.4. The zero-order chi connectivity index (χ0) is 7.68. The second kappa shape index (κ2) is 2.13. The van der Waals surface area contributed by atoms with Crippen LogP contribution >= 0.6 is 0 Å². The largest absolute Gasteiger partial charge is 0.297 e. The van der Waals surface area contributed by atoms with Gasteiger partial charge in [-0.25, -0.2) is 0 Å². The van der Waals surface area contributed by atoms with E-state index in [2.05, 4.69) is 10.5 Å². The molecule has 0 bridgehead atoms. The summed E-state index contributed by atoms with van der Waals surface area (Å²) in [7, 11) is 0. The van der Waals surface area contributed by atoms with Gasteiger partial charge in [0.2, 0.25) is 5.84 Å². The van der Waals surface area contributed by atoms with Crippen molar-refractivity contribution in [1.82, 2.24) is 10.3 Å². The molecule has 0 saturated carbocycles. The van der Waals surface area contributed by atoms with Crippen LogP contribution in [0.15, 0.2) is 29.5 Å². The summed E-state index contributed by atoms with van der Waals surface area (Å²) in [4.78, 5) is 1.78. The first kappa shape index (κ1) is 5.98. The van der Waals surface area contributed by atoms with Gasteiger partial charge < -0.3 is 0 Å². The highest BCUT2D eigenvalue weighted by Crippen LogP contribution is 2.11. The molecule has 0 aromatic heterocycles. The molecule has 0 spiro atoms. The fourth-order valence-electron chi connectivity index (χ4n) is 1.07. The average Bonchev–Trinajstić information content (AvgIpc) is 2.47. The second-order valence-corrected chi connectivity index (χ2v) is 2.25. The van der Waals surface area contributed by atoms with Crippen molar-refractivity contribution in [3.8, 4) is 6.07 Å². The van der Waals surface area contributed by atoms with Crippen LogP contribution in [0.25, 0.3) is 0 Å². The van der Waals surface area contributed by atoms with E-state index < -0.39 is 0 Å². The topological polar surface area (TPSA) is 51.4 Å². The van der Waals surface area contributed by atoms with E-state index >= 15 is 0 Å². The Labute approximate surface area is 64.1 Å². The molecule has 11 heavy (non-hydrogen) atoms. The van der Waals surface area contributed by atoms with Gasteiger partial charge in [0.15, 0.2) is 0 Å². The maximum absolute atomic E-state index is 8.58. The van der Waals surface area contributed by atoms with Crippen molar-refractivity contribution in [1.29, 1.82) is 5.26 Å². The predicted molar refractivity (Wildman–Crippen MR) is 40.1 cm³/mol. The minimum atomic E-state index is 0.0367. The highest BCUT2D eigenvalue weighted by Gasteiger charge is 2.24. The van der Waals surface area contributed by atoms with Crippen molar-refractivity contribution in [2.45, 2.75) is 6.17 Å². The fraction of sp³-hybridized carbons (Fsp3) is 0.143. The number of nitrogens with zero attached hydrogens (tertiary/aromatic N) is 3. The van der Waals surface area contributed by atoms with Crippen molar-refractivity contribution in [3.63, 3.8) is 0 Å². The average molecular weight is 146 g/mol. The van der Waals surface area contributed by atoms with Crippen molar-refractivity contribution < 1.29 is 0 Å². The molecule has 0 saturated heterocycles. The van der Waals surface area contributed by atoms with Gasteiger partial charge in [0, 0.05) is 6.20 Å². The van der Waals surface area contributed by atoms with Gasteiger partial charge in [0.05, 0.1) is 0 Å². The van der Waals surface area contributed by atoms with Crippen LogP contribution in [0.2, 0.25) is 0 Å². The Balaban J connectivity index is 2.29. The molecule has 54 valence electrons. The quantitative estimate of drug-likeness (QED) is 0.528. The molecule has 0 aliphatic carbocycles. The Hall–Kier alpha value is -1.76. The first-order valence-corrected chi connectivity index (χ1v) is 3.28. The highest BCUT2D eigenvalue weighted by molar-refractivity contribution is 5.98. The van der Waals surface area contributed by atoms with Gasteiger partial charge in [0.25, 0.3) is 0 Å². The molecule has 0 unspecified atom stereocenters. The number of nitrogens with one attached hydrogen (secondary N) is 1. The van der Waals surface area contributed by atoms with E-state index in [1.807, 2.05) is 30.5 Å². The molecule has 1 atom stereocenters. The molecule has 0 radical (unpaired) electrons. The summed E-state index contributed by atoms with van der Waals surface area (Å²) in [5.41, 5.74) is 2.81. The Bertz CT molecular complexity index is 294. The van der Waals surface area contributed by atoms with Gasteiger partial charge in [-0.2, -0.15) is 5.26 Å². The third-order valence-electron chi connectivity index (χ3n) is 1.60. The van der Waals surface area contributed by atoms with Crippen LogP contribution in [0.3, 0.4) is 0 Å². The van der Waals surface area contributed by atoms with Crippen molar-refractivity contribution in [2.75, 3.05) is 0 Å². The van der Waals surface area contributed by atoms with Gasteiger partial charge in [-0.15, -0.1) is 5.10 Å². The molecular weight excluding hydrogens is 140 g/mol. The number of hydrogen-bond acceptors (Lipinski definition) is 4. The van der Waals surface area contributed by atoms with Crippen LogP contribution in [0.4, 0.5) is 0 Å². The Kier molecular flexibility index (Phi) is 1.16. The van der Waals surface area contributed by atoms with Gasteiger partial charge in [0.1, 0.15) is 12.2 Å². The van der Waals surface area contributed by atoms with Crippen molar-refractivity contribution >= 4 is 5.84 Å². The molecule has 2 aliphatic heterocycles. The summed E-state index contributed by atoms with van der Waals surface area (Å²) < 4.78 is 0. The van der Waals surface area contributed by atoms with Gasteiger partial charge in [-0.05, 0) is 12.2 Å². The monoisotopic (exact) mass is 146 g/mol. The minimum absolute atomic E-state index is 0.0367. The van der Waals surface area contributed by atoms with Crippen LogP contribution in [-0.4, -0.2) is 16.9 Å². The number of amidine groups is 1. The number of rotatable bonds is 0. The van der Waals surface area contributed by atoms with E-state index in [1.165, 1.54) is 0 Å². The van der Waals surface area contributed by atoms with E-state index in [0.717, 1.165) is 0 Å². The highest BCUT2D eigenvalue weighted by atomic mass is 15.5. The fourth-order valence-corrected chi connectivity index (χ4v) is 1.07. The van der Waals surface area contributed by atoms with Crippen LogP contribution in [-0.2, 0) is 0 Å². The molecule has 2 heterocycles. The molecule has 4 nitrogen and oxygen atoms in total. The standard InChI is InChI=1S/C7H6N4/c8-5-7-10-9-6-3-1-2-4-11(6)7/h1-4,6,9H/t6-/m1/s1. The SMILES string of the molecule is N#CC1=NN[C@H]2C=CC=CN12. The molecule has 1 N–H and O–H groups in total. The van der Waals surface area contributed by atoms with E-state index in [4.69, 9.17) is 5.26 Å². The van der Waals surface area contributed by atoms with Crippen molar-refractivity contribution in [2.24, 2.45) is 5.10 Å². The second-order valence-electron chi connectivity index (χ2n) is 2.25. The number of hydrogen-bond donors (Lipinski definition) is 1. The Morgan fingerprint density at radius 3 is 3.36 bits per heavy atom. The molecule has 2 rings (SSSR count). The van der Waals surface area contributed by atoms with Gasteiger partial charge >= 0.3 is 0 Å². The maximum atomic E-state index is 8.58. The van der Waals surface area contributed by atoms with E-state index in [-0.39, 0.29) is 6.17 Å². The molecule has 0 aromatic rings. The lowest BCUT2D eigenvalue weighted by Crippen LogP contribution is -2.35. The van der Waals surface area contributed by atoms with Crippen LogP contribution in [0.5, 0.6) is 0 Å². The number of allylic oxidation sites excluding steroid dienone is 2. The summed E-state index contributed by atoms with van der Waals surface area (Å²) >= 11 is 0. The Morgan fingerprint density at radius 1 is 1.64 bits per heavy atom. The zero-order valence-electron chi connectivity index (χ0n) is 5.73. The lowest BCUT2D eigenvalue weighted by Gasteiger charge is -2.19. The van der Waals surface area contributed by atoms with Crippen LogP contribution in [0, 0.1) is 11.3 Å². The van der Waals surface area contributed by atoms with Gasteiger partial charge in [-0.3, -0.25) is 10.3 Å². The number of nitriles is 1. The van der Waals surface area contributed by atoms with E-state index in [1.54, 1.807) is 4.90 Å². The first-order chi connectivity index (χ1) is 5.42. The van der Waals surface area contributed by atoms with E-state index in [9.17, 15) is 0 Å². The molecule has 4 heteroatoms. The Morgan fingerprint density at radius 2 is 2.55 bits per heavy atom. The third kappa shape index (κ3) is 0.783. The first-order valence-electron chi connectivity index (χ1n) is 3.28. The maximum Gasteiger partial charge on any atom is 0.232 e. The van der Waals surface area contributed by atoms with Gasteiger partial charge in [-0.1, -0.05) is 6.08 Å². The molecule has 0 aromatic carbocycles. The smallest absolute Gasteiger partial charge is 0.232 e. The number of hydrazone groups is 1. The summed E-state index contributed by atoms with van der Waals surface area (Å²) in [6, 6.07) is 1.99. The molecule has 0 fully saturated rings. The predicted octanol–water partition coefficient (Wildman–Crippen LogP) is 0.138. The summed E-state index contributed by atoms with van der Waals surface area (Å²) in [5.74, 6) is 0.413. The zero-order valence-corrected chi connectivity index (χ0v) is 5.73. The number of fused-ring (bicyclic) bond motifs is 1. The van der Waals surface area contributed by atoms with E-state index in [0.29, 0.717) is 5.84 Å². The normalized spacial score (nSPS) is 25.5. The molecule has 2 aliphatic rings. The summed E-state index contributed by atoms with van der Waals surface area (Å²) in [6.45, 7) is 0. The van der Waals surface area contributed by atoms with Crippen molar-refractivity contribution in [3.05, 3.63) is 24.4 Å². The third-order valence-corrected chi connectivity index (χ3v) is 1.60. The van der Waals surface area contributed by atoms with Crippen LogP contribution in [0.1, 0.15) is 0 Å². The van der Waals surface area contributed by atoms with Crippen LogP contribution < -0.4 is 5.43 Å². The molecule has 0 amide bonds. The minimum Gasteiger partial charge on any atom is -0.297 e. The lowest BCUT2D eigenvalue weighted by molar-refractivity contribution is 0.446.